The van der Waals surface area contributed by atoms with Crippen LogP contribution < -0.4 is 9.47 Å². The number of carbonyl (C=O) groups is 1. The van der Waals surface area contributed by atoms with Crippen LogP contribution in [-0.2, 0) is 4.74 Å². The molecule has 2 aromatic carbocycles. The first-order valence-electron chi connectivity index (χ1n) is 11.4. The maximum atomic E-state index is 12.3. The molecule has 0 unspecified atom stereocenters. The monoisotopic (exact) mass is 435 g/mol. The fraction of sp³-hybridized carbons (Fsp3) is 0.440. The topological polar surface area (TPSA) is 63.6 Å². The van der Waals surface area contributed by atoms with Crippen LogP contribution in [0.4, 0.5) is 4.79 Å². The Morgan fingerprint density at radius 1 is 1.09 bits per heavy atom. The third-order valence-corrected chi connectivity index (χ3v) is 6.47. The number of para-hydroxylation sites is 1. The van der Waals surface area contributed by atoms with Gasteiger partial charge >= 0.3 is 6.09 Å². The Hall–Kier alpha value is -3.22. The van der Waals surface area contributed by atoms with Gasteiger partial charge in [-0.15, -0.1) is 0 Å². The smallest absolute Gasteiger partial charge is 0.409 e. The minimum Gasteiger partial charge on any atom is -0.490 e. The summed E-state index contributed by atoms with van der Waals surface area (Å²) < 4.78 is 17.9. The van der Waals surface area contributed by atoms with Crippen molar-refractivity contribution < 1.29 is 19.0 Å². The van der Waals surface area contributed by atoms with E-state index in [1.807, 2.05) is 44.2 Å². The van der Waals surface area contributed by atoms with Crippen LogP contribution in [0, 0.1) is 0 Å². The number of piperidine rings is 1. The van der Waals surface area contributed by atoms with Gasteiger partial charge < -0.3 is 19.1 Å². The van der Waals surface area contributed by atoms with E-state index < -0.39 is 5.72 Å². The van der Waals surface area contributed by atoms with Crippen LogP contribution in [0.15, 0.2) is 53.6 Å². The van der Waals surface area contributed by atoms with Gasteiger partial charge in [-0.2, -0.15) is 5.10 Å². The number of hydrogen-bond donors (Lipinski definition) is 0. The number of hydrogen-bond acceptors (Lipinski definition) is 6. The molecule has 168 valence electrons. The molecule has 5 rings (SSSR count). The number of amides is 1. The van der Waals surface area contributed by atoms with Crippen molar-refractivity contribution in [3.8, 4) is 11.5 Å². The Kier molecular flexibility index (Phi) is 5.41. The van der Waals surface area contributed by atoms with E-state index in [0.29, 0.717) is 39.1 Å². The van der Waals surface area contributed by atoms with Crippen LogP contribution in [0.2, 0.25) is 0 Å². The lowest BCUT2D eigenvalue weighted by molar-refractivity contribution is -0.148. The predicted molar refractivity (Wildman–Crippen MR) is 121 cm³/mol. The Labute approximate surface area is 188 Å². The molecule has 0 aromatic heterocycles. The lowest BCUT2D eigenvalue weighted by Gasteiger charge is -2.51. The molecule has 1 spiro atoms. The summed E-state index contributed by atoms with van der Waals surface area (Å²) >= 11 is 0. The van der Waals surface area contributed by atoms with E-state index in [-0.39, 0.29) is 12.1 Å². The van der Waals surface area contributed by atoms with Gasteiger partial charge in [-0.25, -0.2) is 9.80 Å². The highest BCUT2D eigenvalue weighted by Gasteiger charge is 2.53. The normalized spacial score (nSPS) is 20.8. The molecule has 0 radical (unpaired) electrons. The molecular formula is C25H29N3O4. The molecule has 32 heavy (non-hydrogen) atoms. The lowest BCUT2D eigenvalue weighted by atomic mass is 9.90. The first-order valence-corrected chi connectivity index (χ1v) is 11.4. The van der Waals surface area contributed by atoms with Crippen LogP contribution in [0.25, 0.3) is 0 Å². The second-order valence-electron chi connectivity index (χ2n) is 8.32. The van der Waals surface area contributed by atoms with Gasteiger partial charge in [0.25, 0.3) is 0 Å². The van der Waals surface area contributed by atoms with Crippen LogP contribution in [0.5, 0.6) is 11.5 Å². The lowest BCUT2D eigenvalue weighted by Crippen LogP contribution is -2.59. The number of nitrogens with zero attached hydrogens (tertiary/aromatic N) is 3. The van der Waals surface area contributed by atoms with Crippen molar-refractivity contribution in [2.45, 2.75) is 44.9 Å². The molecule has 1 saturated heterocycles. The van der Waals surface area contributed by atoms with Gasteiger partial charge in [0.1, 0.15) is 0 Å². The molecule has 0 bridgehead atoms. The minimum absolute atomic E-state index is 0.0727. The molecule has 1 amide bonds. The van der Waals surface area contributed by atoms with Crippen molar-refractivity contribution in [2.24, 2.45) is 5.10 Å². The minimum atomic E-state index is -0.621. The summed E-state index contributed by atoms with van der Waals surface area (Å²) in [7, 11) is 0. The molecule has 7 heteroatoms. The van der Waals surface area contributed by atoms with E-state index in [1.165, 1.54) is 0 Å². The predicted octanol–water partition coefficient (Wildman–Crippen LogP) is 4.58. The van der Waals surface area contributed by atoms with E-state index in [4.69, 9.17) is 19.3 Å². The number of hydrazone groups is 1. The van der Waals surface area contributed by atoms with Crippen molar-refractivity contribution in [2.75, 3.05) is 26.3 Å². The first-order chi connectivity index (χ1) is 15.6. The van der Waals surface area contributed by atoms with E-state index in [9.17, 15) is 4.79 Å². The first kappa shape index (κ1) is 20.7. The molecule has 3 aliphatic rings. The third-order valence-electron chi connectivity index (χ3n) is 6.47. The molecule has 1 atom stereocenters. The summed E-state index contributed by atoms with van der Waals surface area (Å²) in [5.74, 6) is 1.58. The molecule has 0 saturated carbocycles. The highest BCUT2D eigenvalue weighted by molar-refractivity contribution is 6.02. The van der Waals surface area contributed by atoms with E-state index in [2.05, 4.69) is 23.2 Å². The summed E-state index contributed by atoms with van der Waals surface area (Å²) in [6, 6.07) is 16.5. The van der Waals surface area contributed by atoms with Gasteiger partial charge in [0.2, 0.25) is 5.72 Å². The van der Waals surface area contributed by atoms with Crippen molar-refractivity contribution in [3.05, 3.63) is 59.7 Å². The fourth-order valence-electron chi connectivity index (χ4n) is 4.93. The van der Waals surface area contributed by atoms with Gasteiger partial charge in [-0.05, 0) is 25.5 Å². The van der Waals surface area contributed by atoms with E-state index >= 15 is 0 Å². The molecule has 0 aliphatic carbocycles. The zero-order chi connectivity index (χ0) is 22.1. The van der Waals surface area contributed by atoms with Gasteiger partial charge in [-0.3, -0.25) is 0 Å². The zero-order valence-corrected chi connectivity index (χ0v) is 18.6. The van der Waals surface area contributed by atoms with Crippen molar-refractivity contribution in [1.82, 2.24) is 9.91 Å². The standard InChI is InChI=1S/C25H29N3O4/c1-3-30-22-12-8-11-19-21-17-20(18-9-6-5-7-10-18)26-28(21)25(32-23(19)22)13-15-27(16-14-25)24(29)31-4-2/h5-12,21H,3-4,13-17H2,1-2H3/t21-/m1/s1. The molecule has 1 fully saturated rings. The Balaban J connectivity index is 1.52. The van der Waals surface area contributed by atoms with Crippen LogP contribution >= 0.6 is 0 Å². The fourth-order valence-corrected chi connectivity index (χ4v) is 4.93. The summed E-state index contributed by atoms with van der Waals surface area (Å²) in [6.07, 6.45) is 1.83. The van der Waals surface area contributed by atoms with Crippen molar-refractivity contribution in [3.63, 3.8) is 0 Å². The molecule has 7 nitrogen and oxygen atoms in total. The van der Waals surface area contributed by atoms with Crippen LogP contribution in [-0.4, -0.2) is 53.7 Å². The summed E-state index contributed by atoms with van der Waals surface area (Å²) in [4.78, 5) is 14.0. The second-order valence-corrected chi connectivity index (χ2v) is 8.32. The number of benzene rings is 2. The molecule has 2 aromatic rings. The van der Waals surface area contributed by atoms with Crippen LogP contribution in [0.3, 0.4) is 0 Å². The Bertz CT molecular complexity index is 1020. The number of ether oxygens (including phenoxy) is 3. The number of fused-ring (bicyclic) bond motifs is 4. The molecule has 3 aliphatic heterocycles. The number of rotatable bonds is 4. The highest BCUT2D eigenvalue weighted by atomic mass is 16.6. The number of likely N-dealkylation sites (tertiary alicyclic amines) is 1. The molecular weight excluding hydrogens is 406 g/mol. The second kappa shape index (κ2) is 8.37. The van der Waals surface area contributed by atoms with Gasteiger partial charge in [-0.1, -0.05) is 42.5 Å². The van der Waals surface area contributed by atoms with E-state index in [1.54, 1.807) is 4.90 Å². The molecule has 0 N–H and O–H groups in total. The summed E-state index contributed by atoms with van der Waals surface area (Å²) in [5.41, 5.74) is 2.67. The average molecular weight is 436 g/mol. The zero-order valence-electron chi connectivity index (χ0n) is 18.6. The van der Waals surface area contributed by atoms with E-state index in [0.717, 1.165) is 34.8 Å². The number of carbonyl (C=O) groups excluding carboxylic acids is 1. The quantitative estimate of drug-likeness (QED) is 0.704. The molecule has 3 heterocycles. The Morgan fingerprint density at radius 3 is 2.59 bits per heavy atom. The van der Waals surface area contributed by atoms with Crippen molar-refractivity contribution in [1.29, 1.82) is 0 Å². The maximum absolute atomic E-state index is 12.3. The van der Waals surface area contributed by atoms with Gasteiger partial charge in [0.05, 0.1) is 25.0 Å². The Morgan fingerprint density at radius 2 is 1.88 bits per heavy atom. The summed E-state index contributed by atoms with van der Waals surface area (Å²) in [6.45, 7) is 5.88. The summed E-state index contributed by atoms with van der Waals surface area (Å²) in [5, 5.41) is 7.24. The SMILES string of the molecule is CCOC(=O)N1CCC2(CC1)Oc1c(OCC)cccc1[C@H]1CC(c3ccccc3)=NN12. The van der Waals surface area contributed by atoms with Gasteiger partial charge in [0, 0.05) is 37.9 Å². The average Bonchev–Trinajstić information content (AvgIpc) is 3.28. The highest BCUT2D eigenvalue weighted by Crippen LogP contribution is 2.52. The third kappa shape index (κ3) is 3.45. The maximum Gasteiger partial charge on any atom is 0.409 e. The van der Waals surface area contributed by atoms with Crippen molar-refractivity contribution >= 4 is 11.8 Å². The van der Waals surface area contributed by atoms with Gasteiger partial charge in [0.15, 0.2) is 11.5 Å². The largest absolute Gasteiger partial charge is 0.490 e. The van der Waals surface area contributed by atoms with Crippen LogP contribution in [0.1, 0.15) is 50.3 Å².